The lowest BCUT2D eigenvalue weighted by Gasteiger charge is -2.05. The third-order valence-corrected chi connectivity index (χ3v) is 2.43. The largest absolute Gasteiger partial charge is 0.463 e. The normalized spacial score (nSPS) is 10.2. The van der Waals surface area contributed by atoms with E-state index >= 15 is 0 Å². The molecule has 0 saturated heterocycles. The summed E-state index contributed by atoms with van der Waals surface area (Å²) in [6.07, 6.45) is 1.16. The summed E-state index contributed by atoms with van der Waals surface area (Å²) >= 11 is 0. The fourth-order valence-corrected chi connectivity index (χ4v) is 1.43. The van der Waals surface area contributed by atoms with E-state index in [-0.39, 0.29) is 5.97 Å². The van der Waals surface area contributed by atoms with E-state index < -0.39 is 0 Å². The van der Waals surface area contributed by atoms with Crippen LogP contribution in [0.4, 0.5) is 0 Å². The number of aryl methyl sites for hydroxylation is 2. The summed E-state index contributed by atoms with van der Waals surface area (Å²) in [5.74, 6) is -0.162. The predicted molar refractivity (Wildman–Crippen MR) is 67.0 cm³/mol. The van der Waals surface area contributed by atoms with Gasteiger partial charge in [0.1, 0.15) is 6.61 Å². The molecule has 0 unspecified atom stereocenters. The Hall–Kier alpha value is -1.35. The van der Waals surface area contributed by atoms with E-state index in [1.54, 1.807) is 0 Å². The predicted octanol–water partition coefficient (Wildman–Crippen LogP) is 2.51. The number of ether oxygens (including phenoxy) is 2. The number of carbonyl (C=O) groups excluding carboxylic acids is 1. The molecule has 94 valence electrons. The average Bonchev–Trinajstić information content (AvgIpc) is 2.34. The first kappa shape index (κ1) is 13.7. The fourth-order valence-electron chi connectivity index (χ4n) is 1.43. The Morgan fingerprint density at radius 1 is 1.18 bits per heavy atom. The van der Waals surface area contributed by atoms with Crippen LogP contribution in [0.5, 0.6) is 0 Å². The summed E-state index contributed by atoms with van der Waals surface area (Å²) in [5, 5.41) is 0. The van der Waals surface area contributed by atoms with E-state index in [0.717, 1.165) is 12.0 Å². The molecule has 3 nitrogen and oxygen atoms in total. The van der Waals surface area contributed by atoms with Crippen molar-refractivity contribution in [2.45, 2.75) is 26.7 Å². The molecule has 0 aliphatic heterocycles. The lowest BCUT2D eigenvalue weighted by Crippen LogP contribution is -2.11. The van der Waals surface area contributed by atoms with E-state index in [0.29, 0.717) is 26.2 Å². The molecule has 0 fully saturated rings. The SMILES string of the molecule is CCOCCOC(=O)CCc1ccc(C)cc1. The number of rotatable bonds is 7. The maximum absolute atomic E-state index is 11.4. The molecule has 1 rings (SSSR count). The van der Waals surface area contributed by atoms with Gasteiger partial charge in [0.15, 0.2) is 0 Å². The Bertz CT molecular complexity index is 330. The zero-order chi connectivity index (χ0) is 12.5. The van der Waals surface area contributed by atoms with Gasteiger partial charge in [-0.25, -0.2) is 0 Å². The summed E-state index contributed by atoms with van der Waals surface area (Å²) < 4.78 is 10.1. The Labute approximate surface area is 103 Å². The Kier molecular flexibility index (Phi) is 6.33. The maximum Gasteiger partial charge on any atom is 0.306 e. The second kappa shape index (κ2) is 7.85. The van der Waals surface area contributed by atoms with Crippen LogP contribution in [0, 0.1) is 6.92 Å². The summed E-state index contributed by atoms with van der Waals surface area (Å²) in [5.41, 5.74) is 2.39. The van der Waals surface area contributed by atoms with E-state index in [4.69, 9.17) is 9.47 Å². The molecule has 3 heteroatoms. The lowest BCUT2D eigenvalue weighted by atomic mass is 10.1. The van der Waals surface area contributed by atoms with Gasteiger partial charge < -0.3 is 9.47 Å². The van der Waals surface area contributed by atoms with Gasteiger partial charge in [-0.2, -0.15) is 0 Å². The third kappa shape index (κ3) is 6.07. The van der Waals surface area contributed by atoms with Crippen molar-refractivity contribution in [2.75, 3.05) is 19.8 Å². The second-order valence-electron chi connectivity index (χ2n) is 3.90. The van der Waals surface area contributed by atoms with Crippen LogP contribution >= 0.6 is 0 Å². The van der Waals surface area contributed by atoms with Crippen molar-refractivity contribution in [3.05, 3.63) is 35.4 Å². The smallest absolute Gasteiger partial charge is 0.306 e. The summed E-state index contributed by atoms with van der Waals surface area (Å²) in [4.78, 5) is 11.4. The van der Waals surface area contributed by atoms with Crippen LogP contribution in [0.1, 0.15) is 24.5 Å². The van der Waals surface area contributed by atoms with Crippen LogP contribution in [0.3, 0.4) is 0 Å². The summed E-state index contributed by atoms with van der Waals surface area (Å²) in [7, 11) is 0. The highest BCUT2D eigenvalue weighted by Crippen LogP contribution is 2.06. The van der Waals surface area contributed by atoms with Crippen molar-refractivity contribution >= 4 is 5.97 Å². The highest BCUT2D eigenvalue weighted by molar-refractivity contribution is 5.69. The van der Waals surface area contributed by atoms with Gasteiger partial charge >= 0.3 is 5.97 Å². The minimum Gasteiger partial charge on any atom is -0.463 e. The van der Waals surface area contributed by atoms with Crippen LogP contribution in [-0.4, -0.2) is 25.8 Å². The van der Waals surface area contributed by atoms with Gasteiger partial charge in [0.2, 0.25) is 0 Å². The van der Waals surface area contributed by atoms with Crippen LogP contribution in [0.2, 0.25) is 0 Å². The Balaban J connectivity index is 2.17. The first-order chi connectivity index (χ1) is 8.22. The number of hydrogen-bond acceptors (Lipinski definition) is 3. The molecule has 0 aliphatic rings. The van der Waals surface area contributed by atoms with Crippen LogP contribution < -0.4 is 0 Å². The molecule has 0 aliphatic carbocycles. The summed E-state index contributed by atoms with van der Waals surface area (Å²) in [6.45, 7) is 5.44. The zero-order valence-electron chi connectivity index (χ0n) is 10.6. The summed E-state index contributed by atoms with van der Waals surface area (Å²) in [6, 6.07) is 8.19. The number of esters is 1. The minimum atomic E-state index is -0.162. The zero-order valence-corrected chi connectivity index (χ0v) is 10.6. The molecule has 0 spiro atoms. The molecule has 0 saturated carbocycles. The standard InChI is InChI=1S/C14H20O3/c1-3-16-10-11-17-14(15)9-8-13-6-4-12(2)5-7-13/h4-7H,3,8-11H2,1-2H3. The number of benzene rings is 1. The van der Waals surface area contributed by atoms with Crippen molar-refractivity contribution in [2.24, 2.45) is 0 Å². The van der Waals surface area contributed by atoms with Crippen LogP contribution in [-0.2, 0) is 20.7 Å². The molecule has 0 radical (unpaired) electrons. The topological polar surface area (TPSA) is 35.5 Å². The van der Waals surface area contributed by atoms with Crippen LogP contribution in [0.15, 0.2) is 24.3 Å². The molecule has 17 heavy (non-hydrogen) atoms. The van der Waals surface area contributed by atoms with E-state index in [9.17, 15) is 4.79 Å². The quantitative estimate of drug-likeness (QED) is 0.539. The fraction of sp³-hybridized carbons (Fsp3) is 0.500. The molecule has 0 heterocycles. The van der Waals surface area contributed by atoms with Crippen molar-refractivity contribution in [1.82, 2.24) is 0 Å². The van der Waals surface area contributed by atoms with Gasteiger partial charge in [-0.15, -0.1) is 0 Å². The van der Waals surface area contributed by atoms with Gasteiger partial charge in [-0.3, -0.25) is 4.79 Å². The van der Waals surface area contributed by atoms with Gasteiger partial charge in [0.25, 0.3) is 0 Å². The molecule has 1 aromatic carbocycles. The van der Waals surface area contributed by atoms with Crippen molar-refractivity contribution in [1.29, 1.82) is 0 Å². The first-order valence-electron chi connectivity index (χ1n) is 6.01. The van der Waals surface area contributed by atoms with Gasteiger partial charge in [0, 0.05) is 13.0 Å². The van der Waals surface area contributed by atoms with Gasteiger partial charge in [-0.1, -0.05) is 29.8 Å². The highest BCUT2D eigenvalue weighted by atomic mass is 16.6. The molecular formula is C14H20O3. The minimum absolute atomic E-state index is 0.162. The van der Waals surface area contributed by atoms with Crippen LogP contribution in [0.25, 0.3) is 0 Å². The molecule has 0 amide bonds. The highest BCUT2D eigenvalue weighted by Gasteiger charge is 2.03. The molecule has 0 N–H and O–H groups in total. The Morgan fingerprint density at radius 3 is 2.53 bits per heavy atom. The Morgan fingerprint density at radius 2 is 1.88 bits per heavy atom. The molecule has 1 aromatic rings. The monoisotopic (exact) mass is 236 g/mol. The number of hydrogen-bond donors (Lipinski definition) is 0. The van der Waals surface area contributed by atoms with E-state index in [2.05, 4.69) is 12.1 Å². The second-order valence-corrected chi connectivity index (χ2v) is 3.90. The van der Waals surface area contributed by atoms with Crippen molar-refractivity contribution in [3.8, 4) is 0 Å². The molecular weight excluding hydrogens is 216 g/mol. The van der Waals surface area contributed by atoms with Crippen molar-refractivity contribution in [3.63, 3.8) is 0 Å². The molecule has 0 atom stereocenters. The molecule has 0 bridgehead atoms. The number of carbonyl (C=O) groups is 1. The van der Waals surface area contributed by atoms with Crippen molar-refractivity contribution < 1.29 is 14.3 Å². The average molecular weight is 236 g/mol. The molecule has 0 aromatic heterocycles. The van der Waals surface area contributed by atoms with Gasteiger partial charge in [-0.05, 0) is 25.8 Å². The maximum atomic E-state index is 11.4. The lowest BCUT2D eigenvalue weighted by molar-refractivity contribution is -0.145. The van der Waals surface area contributed by atoms with E-state index in [1.165, 1.54) is 5.56 Å². The van der Waals surface area contributed by atoms with E-state index in [1.807, 2.05) is 26.0 Å². The van der Waals surface area contributed by atoms with Gasteiger partial charge in [0.05, 0.1) is 6.61 Å². The third-order valence-electron chi connectivity index (χ3n) is 2.43. The first-order valence-corrected chi connectivity index (χ1v) is 6.01.